The minimum absolute atomic E-state index is 0.169. The topological polar surface area (TPSA) is 83.6 Å². The van der Waals surface area contributed by atoms with Crippen LogP contribution in [0.2, 0.25) is 10.0 Å². The van der Waals surface area contributed by atoms with Crippen LogP contribution in [-0.2, 0) is 28.4 Å². The van der Waals surface area contributed by atoms with Crippen molar-refractivity contribution in [3.05, 3.63) is 83.0 Å². The lowest BCUT2D eigenvalue weighted by atomic mass is 10.1. The molecule has 0 aliphatic carbocycles. The SMILES string of the molecule is CCCCn1c(O)cnc1-c1ccc(OCC2COC(Cn3ccnc3)(c3ccc(Cl)cc3Cl)O2)cc1. The maximum atomic E-state index is 10.1. The van der Waals surface area contributed by atoms with Gasteiger partial charge in [0.2, 0.25) is 11.7 Å². The Bertz CT molecular complexity index is 1330. The number of unbranched alkanes of at least 4 members (excludes halogenated alkanes) is 1. The molecule has 37 heavy (non-hydrogen) atoms. The first-order chi connectivity index (χ1) is 18.0. The van der Waals surface area contributed by atoms with Gasteiger partial charge in [-0.2, -0.15) is 0 Å². The number of nitrogens with zero attached hydrogens (tertiary/aromatic N) is 4. The molecule has 0 radical (unpaired) electrons. The molecule has 1 aliphatic heterocycles. The fourth-order valence-corrected chi connectivity index (χ4v) is 4.95. The normalized spacial score (nSPS) is 19.4. The monoisotopic (exact) mass is 542 g/mol. The highest BCUT2D eigenvalue weighted by Gasteiger charge is 2.45. The van der Waals surface area contributed by atoms with E-state index in [1.54, 1.807) is 24.7 Å². The first kappa shape index (κ1) is 25.6. The highest BCUT2D eigenvalue weighted by atomic mass is 35.5. The highest BCUT2D eigenvalue weighted by Crippen LogP contribution is 2.40. The smallest absolute Gasteiger partial charge is 0.215 e. The second-order valence-electron chi connectivity index (χ2n) is 8.94. The van der Waals surface area contributed by atoms with E-state index in [2.05, 4.69) is 16.9 Å². The number of halogens is 2. The van der Waals surface area contributed by atoms with Gasteiger partial charge in [0.1, 0.15) is 24.3 Å². The third-order valence-corrected chi connectivity index (χ3v) is 6.82. The zero-order valence-electron chi connectivity index (χ0n) is 20.4. The number of hydrogen-bond acceptors (Lipinski definition) is 6. The lowest BCUT2D eigenvalue weighted by Crippen LogP contribution is -2.34. The van der Waals surface area contributed by atoms with E-state index >= 15 is 0 Å². The zero-order chi connectivity index (χ0) is 25.8. The molecule has 2 unspecified atom stereocenters. The second kappa shape index (κ2) is 11.1. The summed E-state index contributed by atoms with van der Waals surface area (Å²) in [5, 5.41) is 11.1. The lowest BCUT2D eigenvalue weighted by Gasteiger charge is -2.30. The molecular formula is C27H28Cl2N4O4. The Morgan fingerprint density at radius 3 is 2.76 bits per heavy atom. The Balaban J connectivity index is 1.27. The van der Waals surface area contributed by atoms with Gasteiger partial charge in [-0.15, -0.1) is 0 Å². The molecular weight excluding hydrogens is 515 g/mol. The van der Waals surface area contributed by atoms with Crippen LogP contribution in [0, 0.1) is 0 Å². The fourth-order valence-electron chi connectivity index (χ4n) is 4.40. The van der Waals surface area contributed by atoms with Crippen molar-refractivity contribution in [3.8, 4) is 23.0 Å². The fraction of sp³-hybridized carbons (Fsp3) is 0.333. The molecule has 1 N–H and O–H groups in total. The van der Waals surface area contributed by atoms with E-state index in [0.29, 0.717) is 47.7 Å². The molecule has 0 saturated carbocycles. The summed E-state index contributed by atoms with van der Waals surface area (Å²) < 4.78 is 22.4. The number of aromatic hydroxyl groups is 1. The number of benzene rings is 2. The predicted molar refractivity (Wildman–Crippen MR) is 141 cm³/mol. The summed E-state index contributed by atoms with van der Waals surface area (Å²) in [5.41, 5.74) is 1.60. The summed E-state index contributed by atoms with van der Waals surface area (Å²) in [6, 6.07) is 12.9. The molecule has 5 rings (SSSR count). The van der Waals surface area contributed by atoms with Crippen LogP contribution in [0.25, 0.3) is 11.4 Å². The maximum Gasteiger partial charge on any atom is 0.215 e. The van der Waals surface area contributed by atoms with Crippen molar-refractivity contribution < 1.29 is 19.3 Å². The second-order valence-corrected chi connectivity index (χ2v) is 9.79. The summed E-state index contributed by atoms with van der Waals surface area (Å²) in [6.45, 7) is 3.83. The van der Waals surface area contributed by atoms with Crippen molar-refractivity contribution in [2.75, 3.05) is 13.2 Å². The predicted octanol–water partition coefficient (Wildman–Crippen LogP) is 5.91. The molecule has 3 heterocycles. The van der Waals surface area contributed by atoms with Crippen molar-refractivity contribution in [1.82, 2.24) is 19.1 Å². The van der Waals surface area contributed by atoms with E-state index in [1.807, 2.05) is 45.7 Å². The molecule has 8 nitrogen and oxygen atoms in total. The summed E-state index contributed by atoms with van der Waals surface area (Å²) in [6.07, 6.45) is 8.41. The van der Waals surface area contributed by atoms with E-state index in [9.17, 15) is 5.11 Å². The first-order valence-electron chi connectivity index (χ1n) is 12.2. The Morgan fingerprint density at radius 1 is 1.19 bits per heavy atom. The minimum Gasteiger partial charge on any atom is -0.493 e. The standard InChI is InChI=1S/C27H28Cl2N4O4/c1-2-3-11-33-25(34)14-31-26(33)19-4-7-21(8-5-19)35-15-22-16-36-27(37-22,17-32-12-10-30-18-32)23-9-6-20(28)13-24(23)29/h4-10,12-14,18,22,34H,2-3,11,15-17H2,1H3. The molecule has 1 fully saturated rings. The number of ether oxygens (including phenoxy) is 3. The molecule has 4 aromatic rings. The average Bonchev–Trinajstić information content (AvgIpc) is 3.63. The minimum atomic E-state index is -1.10. The molecule has 2 aromatic heterocycles. The molecule has 2 atom stereocenters. The van der Waals surface area contributed by atoms with Gasteiger partial charge in [0.15, 0.2) is 0 Å². The summed E-state index contributed by atoms with van der Waals surface area (Å²) >= 11 is 12.7. The molecule has 194 valence electrons. The van der Waals surface area contributed by atoms with Crippen molar-refractivity contribution >= 4 is 23.2 Å². The third-order valence-electron chi connectivity index (χ3n) is 6.27. The van der Waals surface area contributed by atoms with Crippen LogP contribution < -0.4 is 4.74 Å². The average molecular weight is 543 g/mol. The van der Waals surface area contributed by atoms with Crippen molar-refractivity contribution in [1.29, 1.82) is 0 Å². The van der Waals surface area contributed by atoms with Gasteiger partial charge in [0.25, 0.3) is 0 Å². The van der Waals surface area contributed by atoms with Crippen LogP contribution in [-0.4, -0.2) is 43.5 Å². The molecule has 0 amide bonds. The van der Waals surface area contributed by atoms with Crippen molar-refractivity contribution in [3.63, 3.8) is 0 Å². The number of rotatable bonds is 10. The third kappa shape index (κ3) is 5.62. The van der Waals surface area contributed by atoms with Crippen molar-refractivity contribution in [2.45, 2.75) is 44.7 Å². The van der Waals surface area contributed by atoms with E-state index in [1.165, 1.54) is 6.20 Å². The van der Waals surface area contributed by atoms with Crippen LogP contribution in [0.15, 0.2) is 67.4 Å². The largest absolute Gasteiger partial charge is 0.493 e. The molecule has 2 aromatic carbocycles. The summed E-state index contributed by atoms with van der Waals surface area (Å²) in [5.74, 6) is 0.494. The van der Waals surface area contributed by atoms with Crippen LogP contribution in [0.5, 0.6) is 11.6 Å². The van der Waals surface area contributed by atoms with Gasteiger partial charge in [0.05, 0.1) is 30.7 Å². The zero-order valence-corrected chi connectivity index (χ0v) is 21.9. The number of imidazole rings is 2. The van der Waals surface area contributed by atoms with Gasteiger partial charge in [-0.05, 0) is 42.8 Å². The molecule has 0 spiro atoms. The van der Waals surface area contributed by atoms with Crippen molar-refractivity contribution in [2.24, 2.45) is 0 Å². The van der Waals surface area contributed by atoms with Gasteiger partial charge in [0, 0.05) is 35.1 Å². The lowest BCUT2D eigenvalue weighted by molar-refractivity contribution is -0.189. The van der Waals surface area contributed by atoms with Gasteiger partial charge in [-0.25, -0.2) is 9.97 Å². The van der Waals surface area contributed by atoms with Crippen LogP contribution in [0.4, 0.5) is 0 Å². The highest BCUT2D eigenvalue weighted by molar-refractivity contribution is 6.35. The summed E-state index contributed by atoms with van der Waals surface area (Å²) in [7, 11) is 0. The number of aromatic nitrogens is 4. The molecule has 0 bridgehead atoms. The van der Waals surface area contributed by atoms with Gasteiger partial charge in [-0.1, -0.05) is 42.6 Å². The van der Waals surface area contributed by atoms with Crippen LogP contribution in [0.1, 0.15) is 25.3 Å². The van der Waals surface area contributed by atoms with Gasteiger partial charge in [-0.3, -0.25) is 4.57 Å². The Hall–Kier alpha value is -3.04. The van der Waals surface area contributed by atoms with E-state index in [4.69, 9.17) is 37.4 Å². The Labute approximate surface area is 225 Å². The van der Waals surface area contributed by atoms with Gasteiger partial charge < -0.3 is 23.9 Å². The van der Waals surface area contributed by atoms with Crippen LogP contribution >= 0.6 is 23.2 Å². The Morgan fingerprint density at radius 2 is 2.03 bits per heavy atom. The quantitative estimate of drug-likeness (QED) is 0.268. The Kier molecular flexibility index (Phi) is 7.71. The van der Waals surface area contributed by atoms with Crippen LogP contribution in [0.3, 0.4) is 0 Å². The summed E-state index contributed by atoms with van der Waals surface area (Å²) in [4.78, 5) is 8.50. The molecule has 1 aliphatic rings. The maximum absolute atomic E-state index is 10.1. The number of hydrogen-bond donors (Lipinski definition) is 1. The first-order valence-corrected chi connectivity index (χ1v) is 12.9. The van der Waals surface area contributed by atoms with E-state index in [0.717, 1.165) is 24.2 Å². The van der Waals surface area contributed by atoms with Gasteiger partial charge >= 0.3 is 0 Å². The molecule has 1 saturated heterocycles. The molecule has 10 heteroatoms. The van der Waals surface area contributed by atoms with E-state index < -0.39 is 5.79 Å². The van der Waals surface area contributed by atoms with E-state index in [-0.39, 0.29) is 12.0 Å².